The second kappa shape index (κ2) is 25.1. The summed E-state index contributed by atoms with van der Waals surface area (Å²) in [6.07, 6.45) is 1.74. The van der Waals surface area contributed by atoms with Crippen molar-refractivity contribution >= 4 is 42.6 Å². The molecule has 0 N–H and O–H groups in total. The van der Waals surface area contributed by atoms with Crippen LogP contribution in [0.2, 0.25) is 0 Å². The van der Waals surface area contributed by atoms with E-state index in [0.717, 1.165) is 12.8 Å². The Morgan fingerprint density at radius 3 is 1.35 bits per heavy atom. The fourth-order valence-corrected chi connectivity index (χ4v) is 3.20. The molecule has 0 unspecified atom stereocenters. The molecule has 0 aromatic heterocycles. The van der Waals surface area contributed by atoms with Gasteiger partial charge in [0.15, 0.2) is 0 Å². The van der Waals surface area contributed by atoms with Gasteiger partial charge in [-0.15, -0.1) is 0 Å². The predicted octanol–water partition coefficient (Wildman–Crippen LogP) is -0.543. The first-order valence-corrected chi connectivity index (χ1v) is 9.68. The third-order valence-corrected chi connectivity index (χ3v) is 4.61. The third kappa shape index (κ3) is 28.9. The maximum atomic E-state index is 9.62. The molecule has 0 amide bonds. The summed E-state index contributed by atoms with van der Waals surface area (Å²) in [5.41, 5.74) is 0. The number of hydrogen-bond donors (Lipinski definition) is 0. The van der Waals surface area contributed by atoms with Gasteiger partial charge in [-0.25, -0.2) is 0 Å². The summed E-state index contributed by atoms with van der Waals surface area (Å²) in [5.74, 6) is 0. The van der Waals surface area contributed by atoms with Gasteiger partial charge in [0, 0.05) is 33.0 Å². The van der Waals surface area contributed by atoms with Crippen LogP contribution < -0.4 is 10.0 Å². The molecule has 0 rings (SSSR count). The van der Waals surface area contributed by atoms with Crippen molar-refractivity contribution in [3.63, 3.8) is 0 Å². The van der Waals surface area contributed by atoms with Crippen LogP contribution >= 0.6 is 0 Å². The van der Waals surface area contributed by atoms with Crippen molar-refractivity contribution < 1.29 is 37.5 Å². The van der Waals surface area contributed by atoms with Gasteiger partial charge in [-0.1, -0.05) is 13.3 Å². The van der Waals surface area contributed by atoms with E-state index in [-0.39, 0.29) is 26.2 Å². The standard InChI is InChI=1S/C8H20O4Si.C4H9BO3.Bi.NO3/c1-5-9-13(10-6-2,11-7-3)12-8-4;1-2-3-4-8-5(6)7;;2-1(3)4/h5-8H2,1-4H3;2-4H2,1H3;;/q;-2;+3;-1. The minimum absolute atomic E-state index is 0. The number of rotatable bonds is 12. The SMILES string of the molecule is CCCCOB([O-])[O-].CCO[Si](OCC)(OCC)OCC.O=[N+]([O-])[O-].[Bi+3]. The van der Waals surface area contributed by atoms with Crippen LogP contribution in [0.1, 0.15) is 47.5 Å². The van der Waals surface area contributed by atoms with Crippen LogP contribution in [0.15, 0.2) is 0 Å². The Bertz CT molecular complexity index is 261. The van der Waals surface area contributed by atoms with E-state index in [0.29, 0.717) is 33.0 Å². The van der Waals surface area contributed by atoms with Gasteiger partial charge in [0.05, 0.1) is 12.4 Å². The predicted molar refractivity (Wildman–Crippen MR) is 95.0 cm³/mol. The van der Waals surface area contributed by atoms with E-state index in [4.69, 9.17) is 33.0 Å². The Balaban J connectivity index is -0.000000159. The molecule has 11 nitrogen and oxygen atoms in total. The molecular formula is C12H29BBiNO10Si. The van der Waals surface area contributed by atoms with Crippen molar-refractivity contribution in [3.8, 4) is 0 Å². The van der Waals surface area contributed by atoms with Gasteiger partial charge >= 0.3 is 35.3 Å². The zero-order chi connectivity index (χ0) is 20.1. The van der Waals surface area contributed by atoms with Crippen molar-refractivity contribution in [1.82, 2.24) is 0 Å². The molecule has 0 saturated heterocycles. The van der Waals surface area contributed by atoms with E-state index < -0.39 is 21.5 Å². The van der Waals surface area contributed by atoms with Gasteiger partial charge in [0.1, 0.15) is 0 Å². The summed E-state index contributed by atoms with van der Waals surface area (Å²) < 4.78 is 25.9. The first-order chi connectivity index (χ1) is 11.7. The maximum Gasteiger partial charge on any atom is 3.00 e. The molecule has 0 atom stereocenters. The Kier molecular flexibility index (Phi) is 32.5. The van der Waals surface area contributed by atoms with Crippen molar-refractivity contribution in [2.45, 2.75) is 47.5 Å². The maximum absolute atomic E-state index is 9.62. The van der Waals surface area contributed by atoms with E-state index >= 15 is 0 Å². The molecule has 0 aromatic rings. The fraction of sp³-hybridized carbons (Fsp3) is 1.00. The Morgan fingerprint density at radius 1 is 0.846 bits per heavy atom. The minimum Gasteiger partial charge on any atom is -0.871 e. The Hall–Kier alpha value is 0.0849. The summed E-state index contributed by atoms with van der Waals surface area (Å²) in [4.78, 5) is 8.25. The summed E-state index contributed by atoms with van der Waals surface area (Å²) >= 11 is 0. The van der Waals surface area contributed by atoms with E-state index in [9.17, 15) is 10.0 Å². The van der Waals surface area contributed by atoms with Crippen LogP contribution in [-0.4, -0.2) is 80.7 Å². The third-order valence-electron chi connectivity index (χ3n) is 2.04. The van der Waals surface area contributed by atoms with Crippen molar-refractivity contribution in [3.05, 3.63) is 15.3 Å². The molecular weight excluding hydrogens is 566 g/mol. The molecule has 0 bridgehead atoms. The molecule has 0 aliphatic rings. The minimum atomic E-state index is -2.80. The molecule has 0 aliphatic heterocycles. The first kappa shape index (κ1) is 33.7. The molecule has 0 aliphatic carbocycles. The average Bonchev–Trinajstić information content (AvgIpc) is 2.48. The van der Waals surface area contributed by atoms with Crippen LogP contribution in [0.4, 0.5) is 0 Å². The fourth-order valence-electron chi connectivity index (χ4n) is 1.28. The largest absolute Gasteiger partial charge is 3.00 e. The van der Waals surface area contributed by atoms with Gasteiger partial charge < -0.3 is 47.7 Å². The van der Waals surface area contributed by atoms with Crippen LogP contribution in [0.3, 0.4) is 0 Å². The molecule has 26 heavy (non-hydrogen) atoms. The van der Waals surface area contributed by atoms with Crippen LogP contribution in [-0.2, 0) is 22.4 Å². The van der Waals surface area contributed by atoms with Crippen LogP contribution in [0.5, 0.6) is 0 Å². The first-order valence-electron chi connectivity index (χ1n) is 8.05. The van der Waals surface area contributed by atoms with Gasteiger partial charge in [-0.05, 0) is 34.1 Å². The Morgan fingerprint density at radius 2 is 1.15 bits per heavy atom. The number of hydrogen-bond acceptors (Lipinski definition) is 10. The molecule has 0 aromatic carbocycles. The van der Waals surface area contributed by atoms with Crippen molar-refractivity contribution in [1.29, 1.82) is 0 Å². The molecule has 14 heteroatoms. The smallest absolute Gasteiger partial charge is 0.871 e. The van der Waals surface area contributed by atoms with E-state index in [1.54, 1.807) is 0 Å². The van der Waals surface area contributed by atoms with Crippen LogP contribution in [0.25, 0.3) is 0 Å². The van der Waals surface area contributed by atoms with Gasteiger partial charge in [0.25, 0.3) is 0 Å². The zero-order valence-corrected chi connectivity index (χ0v) is 20.5. The van der Waals surface area contributed by atoms with E-state index in [2.05, 4.69) is 4.65 Å². The van der Waals surface area contributed by atoms with Gasteiger partial charge in [-0.2, -0.15) is 0 Å². The van der Waals surface area contributed by atoms with Gasteiger partial charge in [-0.3, -0.25) is 0 Å². The molecule has 154 valence electrons. The van der Waals surface area contributed by atoms with E-state index in [1.165, 1.54) is 0 Å². The molecule has 0 spiro atoms. The molecule has 0 heterocycles. The molecule has 0 saturated carbocycles. The Labute approximate surface area is 175 Å². The van der Waals surface area contributed by atoms with Gasteiger partial charge in [0.2, 0.25) is 0 Å². The molecule has 2 radical (unpaired) electrons. The monoisotopic (exact) mass is 595 g/mol. The van der Waals surface area contributed by atoms with Crippen molar-refractivity contribution in [2.24, 2.45) is 0 Å². The normalized spacial score (nSPS) is 9.81. The zero-order valence-electron chi connectivity index (χ0n) is 16.0. The average molecular weight is 595 g/mol. The second-order valence-corrected chi connectivity index (χ2v) is 6.12. The number of unbranched alkanes of at least 4 members (excludes halogenated alkanes) is 1. The number of nitrogens with zero attached hydrogens (tertiary/aromatic N) is 1. The summed E-state index contributed by atoms with van der Waals surface area (Å²) in [7, 11) is -4.89. The van der Waals surface area contributed by atoms with Crippen molar-refractivity contribution in [2.75, 3.05) is 33.0 Å². The van der Waals surface area contributed by atoms with Crippen LogP contribution in [0, 0.1) is 15.3 Å². The molecule has 0 fully saturated rings. The summed E-state index contributed by atoms with van der Waals surface area (Å²) in [6, 6.07) is 0. The topological polar surface area (TPSA) is 158 Å². The summed E-state index contributed by atoms with van der Waals surface area (Å²) in [6.45, 7) is 12.1. The second-order valence-electron chi connectivity index (χ2n) is 3.97. The summed E-state index contributed by atoms with van der Waals surface area (Å²) in [5, 5.41) is 34.0. The quantitative estimate of drug-likeness (QED) is 0.124. The van der Waals surface area contributed by atoms with E-state index in [1.807, 2.05) is 34.6 Å².